The van der Waals surface area contributed by atoms with Crippen LogP contribution in [0.15, 0.2) is 35.9 Å². The van der Waals surface area contributed by atoms with Gasteiger partial charge in [-0.05, 0) is 31.6 Å². The van der Waals surface area contributed by atoms with Gasteiger partial charge in [-0.2, -0.15) is 0 Å². The predicted octanol–water partition coefficient (Wildman–Crippen LogP) is 2.55. The molecule has 0 aliphatic heterocycles. The zero-order chi connectivity index (χ0) is 19.6. The summed E-state index contributed by atoms with van der Waals surface area (Å²) in [6.45, 7) is 0. The lowest BCUT2D eigenvalue weighted by Crippen LogP contribution is -2.20. The van der Waals surface area contributed by atoms with Gasteiger partial charge in [0.25, 0.3) is 0 Å². The highest BCUT2D eigenvalue weighted by molar-refractivity contribution is 7.09. The molecule has 0 saturated heterocycles. The lowest BCUT2D eigenvalue weighted by molar-refractivity contribution is -0.137. The number of allylic oxidation sites excluding steroid dienone is 2. The molecule has 0 aromatic carbocycles. The van der Waals surface area contributed by atoms with Crippen LogP contribution in [0.4, 0.5) is 0 Å². The van der Waals surface area contributed by atoms with Crippen LogP contribution in [0, 0.1) is 11.8 Å². The largest absolute Gasteiger partial charge is 0.481 e. The fourth-order valence-corrected chi connectivity index (χ4v) is 4.09. The lowest BCUT2D eigenvalue weighted by Gasteiger charge is -2.19. The Kier molecular flexibility index (Phi) is 9.14. The smallest absolute Gasteiger partial charge is 0.303 e. The number of nitrogens with zero attached hydrogens (tertiary/aromatic N) is 1. The van der Waals surface area contributed by atoms with E-state index in [1.165, 1.54) is 0 Å². The summed E-state index contributed by atoms with van der Waals surface area (Å²) in [5.41, 5.74) is 0. The zero-order valence-electron chi connectivity index (χ0n) is 15.4. The van der Waals surface area contributed by atoms with Gasteiger partial charge in [0.1, 0.15) is 0 Å². The second-order valence-electron chi connectivity index (χ2n) is 7.02. The minimum Gasteiger partial charge on any atom is -0.481 e. The quantitative estimate of drug-likeness (QED) is 0.338. The van der Waals surface area contributed by atoms with Crippen LogP contribution >= 0.6 is 11.3 Å². The molecule has 1 saturated carbocycles. The van der Waals surface area contributed by atoms with Crippen molar-refractivity contribution in [3.05, 3.63) is 40.9 Å². The molecule has 0 unspecified atom stereocenters. The Morgan fingerprint density at radius 1 is 1.33 bits per heavy atom. The van der Waals surface area contributed by atoms with Crippen molar-refractivity contribution in [2.24, 2.45) is 11.8 Å². The van der Waals surface area contributed by atoms with Crippen molar-refractivity contribution in [1.29, 1.82) is 0 Å². The van der Waals surface area contributed by atoms with Crippen LogP contribution in [0.5, 0.6) is 0 Å². The topological polar surface area (TPSA) is 111 Å². The zero-order valence-corrected chi connectivity index (χ0v) is 16.2. The molecule has 1 aliphatic carbocycles. The van der Waals surface area contributed by atoms with Gasteiger partial charge in [-0.15, -0.1) is 11.3 Å². The lowest BCUT2D eigenvalue weighted by atomic mass is 9.89. The number of aromatic nitrogens is 1. The van der Waals surface area contributed by atoms with Crippen LogP contribution in [0.1, 0.15) is 43.5 Å². The summed E-state index contributed by atoms with van der Waals surface area (Å²) in [6.07, 6.45) is 11.0. The Bertz CT molecular complexity index is 616. The molecule has 0 spiro atoms. The highest BCUT2D eigenvalue weighted by Crippen LogP contribution is 2.36. The third kappa shape index (κ3) is 7.54. The van der Waals surface area contributed by atoms with Gasteiger partial charge in [0.2, 0.25) is 0 Å². The van der Waals surface area contributed by atoms with Crippen LogP contribution in [0.3, 0.4) is 0 Å². The molecule has 150 valence electrons. The minimum atomic E-state index is -0.795. The molecule has 0 amide bonds. The van der Waals surface area contributed by atoms with Crippen LogP contribution in [0.2, 0.25) is 0 Å². The van der Waals surface area contributed by atoms with E-state index < -0.39 is 24.3 Å². The van der Waals surface area contributed by atoms with Crippen LogP contribution in [-0.2, 0) is 11.2 Å². The maximum Gasteiger partial charge on any atom is 0.303 e. The van der Waals surface area contributed by atoms with E-state index in [1.54, 1.807) is 23.6 Å². The molecule has 5 atom stereocenters. The van der Waals surface area contributed by atoms with Gasteiger partial charge in [0.05, 0.1) is 23.3 Å². The number of carboxylic acids is 1. The van der Waals surface area contributed by atoms with Crippen molar-refractivity contribution in [3.8, 4) is 0 Å². The average Bonchev–Trinajstić information content (AvgIpc) is 3.22. The normalized spacial score (nSPS) is 26.9. The summed E-state index contributed by atoms with van der Waals surface area (Å²) < 4.78 is 0. The Labute approximate surface area is 163 Å². The fourth-order valence-electron chi connectivity index (χ4n) is 3.45. The molecule has 1 fully saturated rings. The summed E-state index contributed by atoms with van der Waals surface area (Å²) in [6, 6.07) is 0. The Hall–Kier alpha value is -1.54. The number of hydrogen-bond acceptors (Lipinski definition) is 6. The van der Waals surface area contributed by atoms with Gasteiger partial charge < -0.3 is 20.4 Å². The molecule has 6 nitrogen and oxygen atoms in total. The van der Waals surface area contributed by atoms with Crippen LogP contribution < -0.4 is 0 Å². The second-order valence-corrected chi connectivity index (χ2v) is 8.00. The van der Waals surface area contributed by atoms with Gasteiger partial charge in [-0.3, -0.25) is 4.79 Å². The van der Waals surface area contributed by atoms with E-state index in [-0.39, 0.29) is 18.3 Å². The Balaban J connectivity index is 1.81. The van der Waals surface area contributed by atoms with E-state index in [4.69, 9.17) is 5.11 Å². The first-order valence-electron chi connectivity index (χ1n) is 9.45. The van der Waals surface area contributed by atoms with Crippen molar-refractivity contribution < 1.29 is 25.2 Å². The number of thiazole rings is 1. The van der Waals surface area contributed by atoms with Gasteiger partial charge in [0, 0.05) is 36.8 Å². The van der Waals surface area contributed by atoms with Crippen molar-refractivity contribution in [2.75, 3.05) is 0 Å². The van der Waals surface area contributed by atoms with E-state index in [0.717, 1.165) is 5.01 Å². The van der Waals surface area contributed by atoms with Crippen molar-refractivity contribution in [1.82, 2.24) is 4.98 Å². The number of aliphatic carboxylic acids is 1. The van der Waals surface area contributed by atoms with E-state index in [0.29, 0.717) is 38.5 Å². The first kappa shape index (κ1) is 21.8. The highest BCUT2D eigenvalue weighted by atomic mass is 32.1. The van der Waals surface area contributed by atoms with Crippen LogP contribution in [-0.4, -0.2) is 49.7 Å². The van der Waals surface area contributed by atoms with Gasteiger partial charge in [-0.1, -0.05) is 24.3 Å². The molecule has 2 rings (SSSR count). The molecule has 4 N–H and O–H groups in total. The molecule has 1 aromatic heterocycles. The number of carboxylic acid groups (broad SMARTS) is 1. The number of aryl methyl sites for hydroxylation is 1. The third-order valence-corrected chi connectivity index (χ3v) is 5.78. The molecule has 0 bridgehead atoms. The van der Waals surface area contributed by atoms with E-state index in [2.05, 4.69) is 4.98 Å². The number of aliphatic hydroxyl groups excluding tert-OH is 3. The maximum absolute atomic E-state index is 10.5. The predicted molar refractivity (Wildman–Crippen MR) is 104 cm³/mol. The first-order chi connectivity index (χ1) is 13.0. The standard InChI is InChI=1S/C20H29NO5S/c22-14(8-10-19-21-11-12-27-19)7-9-16-15(17(23)13-18(16)24)5-3-1-2-4-6-20(25)26/h1,3,7,9,11-12,14-18,22-24H,2,4-6,8,10,13H2,(H,25,26)/t14-,15+,16+,17-,18+/m0/s1. The summed E-state index contributed by atoms with van der Waals surface area (Å²) in [4.78, 5) is 14.7. The molecule has 7 heteroatoms. The van der Waals surface area contributed by atoms with Crippen molar-refractivity contribution >= 4 is 17.3 Å². The first-order valence-corrected chi connectivity index (χ1v) is 10.3. The molecular weight excluding hydrogens is 366 g/mol. The van der Waals surface area contributed by atoms with E-state index in [1.807, 2.05) is 23.6 Å². The van der Waals surface area contributed by atoms with Crippen molar-refractivity contribution in [3.63, 3.8) is 0 Å². The van der Waals surface area contributed by atoms with Gasteiger partial charge in [-0.25, -0.2) is 4.98 Å². The van der Waals surface area contributed by atoms with Gasteiger partial charge in [0.15, 0.2) is 0 Å². The minimum absolute atomic E-state index is 0.0989. The SMILES string of the molecule is O=C(O)CCCC=CC[C@@H]1[C@@H](C=C[C@H](O)CCc2nccs2)[C@H](O)C[C@@H]1O. The monoisotopic (exact) mass is 395 g/mol. The summed E-state index contributed by atoms with van der Waals surface area (Å²) in [5, 5.41) is 42.1. The molecule has 1 aliphatic rings. The van der Waals surface area contributed by atoms with E-state index in [9.17, 15) is 20.1 Å². The summed E-state index contributed by atoms with van der Waals surface area (Å²) >= 11 is 1.57. The molecule has 0 radical (unpaired) electrons. The number of hydrogen-bond donors (Lipinski definition) is 4. The second kappa shape index (κ2) is 11.3. The number of carbonyl (C=O) groups is 1. The van der Waals surface area contributed by atoms with E-state index >= 15 is 0 Å². The van der Waals surface area contributed by atoms with Gasteiger partial charge >= 0.3 is 5.97 Å². The molecule has 1 aromatic rings. The van der Waals surface area contributed by atoms with Crippen molar-refractivity contribution in [2.45, 2.75) is 63.3 Å². The Morgan fingerprint density at radius 3 is 2.85 bits per heavy atom. The Morgan fingerprint density at radius 2 is 2.15 bits per heavy atom. The molecule has 27 heavy (non-hydrogen) atoms. The summed E-state index contributed by atoms with van der Waals surface area (Å²) in [5.74, 6) is -1.09. The average molecular weight is 396 g/mol. The number of aliphatic hydroxyl groups is 3. The number of rotatable bonds is 11. The third-order valence-electron chi connectivity index (χ3n) is 4.95. The van der Waals surface area contributed by atoms with Crippen LogP contribution in [0.25, 0.3) is 0 Å². The summed E-state index contributed by atoms with van der Waals surface area (Å²) in [7, 11) is 0. The number of unbranched alkanes of at least 4 members (excludes halogenated alkanes) is 1. The molecule has 1 heterocycles. The highest BCUT2D eigenvalue weighted by Gasteiger charge is 2.39. The molecular formula is C20H29NO5S. The maximum atomic E-state index is 10.5. The fraction of sp³-hybridized carbons (Fsp3) is 0.600.